The Morgan fingerprint density at radius 1 is 1.29 bits per heavy atom. The van der Waals surface area contributed by atoms with Gasteiger partial charge in [0.05, 0.1) is 26.5 Å². The molecule has 116 valence electrons. The van der Waals surface area contributed by atoms with Crippen molar-refractivity contribution < 1.29 is 9.47 Å². The van der Waals surface area contributed by atoms with Gasteiger partial charge in [0.25, 0.3) is 0 Å². The molecule has 0 aromatic heterocycles. The minimum Gasteiger partial charge on any atom is -0.497 e. The first-order valence-electron chi connectivity index (χ1n) is 7.41. The zero-order valence-corrected chi connectivity index (χ0v) is 14.0. The summed E-state index contributed by atoms with van der Waals surface area (Å²) in [6.45, 7) is 5.40. The van der Waals surface area contributed by atoms with Crippen LogP contribution < -0.4 is 14.8 Å². The van der Waals surface area contributed by atoms with Crippen LogP contribution in [0.25, 0.3) is 0 Å². The standard InChI is InChI=1S/C16H24N2O2S/c1-5-11(6-2)15-10-17-16(21-15)18-13-9-12(19-3)7-8-14(13)20-4/h7-9,11,15H,5-6,10H2,1-4H3,(H,17,18). The van der Waals surface area contributed by atoms with E-state index in [1.165, 1.54) is 12.8 Å². The zero-order valence-electron chi connectivity index (χ0n) is 13.2. The molecule has 5 heteroatoms. The Hall–Kier alpha value is -1.36. The van der Waals surface area contributed by atoms with Crippen molar-refractivity contribution in [2.24, 2.45) is 10.9 Å². The first kappa shape index (κ1) is 16.0. The summed E-state index contributed by atoms with van der Waals surface area (Å²) < 4.78 is 10.7. The third-order valence-corrected chi connectivity index (χ3v) is 5.19. The summed E-state index contributed by atoms with van der Waals surface area (Å²) in [5, 5.41) is 4.93. The van der Waals surface area contributed by atoms with Gasteiger partial charge in [-0.3, -0.25) is 4.99 Å². The molecule has 0 saturated carbocycles. The molecule has 0 saturated heterocycles. The van der Waals surface area contributed by atoms with E-state index in [4.69, 9.17) is 9.47 Å². The molecule has 0 fully saturated rings. The molecule has 0 radical (unpaired) electrons. The first-order valence-corrected chi connectivity index (χ1v) is 8.29. The molecule has 1 aliphatic rings. The molecule has 1 N–H and O–H groups in total. The highest BCUT2D eigenvalue weighted by Gasteiger charge is 2.26. The first-order chi connectivity index (χ1) is 10.2. The van der Waals surface area contributed by atoms with Gasteiger partial charge in [0.15, 0.2) is 5.17 Å². The summed E-state index contributed by atoms with van der Waals surface area (Å²) in [6.07, 6.45) is 2.42. The maximum atomic E-state index is 5.39. The minimum absolute atomic E-state index is 0.583. The van der Waals surface area contributed by atoms with Gasteiger partial charge < -0.3 is 14.8 Å². The predicted molar refractivity (Wildman–Crippen MR) is 90.9 cm³/mol. The summed E-state index contributed by atoms with van der Waals surface area (Å²) >= 11 is 1.84. The van der Waals surface area contributed by atoms with E-state index < -0.39 is 0 Å². The Kier molecular flexibility index (Phi) is 5.79. The molecule has 0 bridgehead atoms. The van der Waals surface area contributed by atoms with Crippen molar-refractivity contribution in [1.82, 2.24) is 0 Å². The lowest BCUT2D eigenvalue weighted by molar-refractivity contribution is 0.405. The third kappa shape index (κ3) is 3.84. The molecule has 1 aromatic rings. The van der Waals surface area contributed by atoms with Crippen LogP contribution in [0.5, 0.6) is 11.5 Å². The maximum absolute atomic E-state index is 5.39. The Bertz CT molecular complexity index is 501. The largest absolute Gasteiger partial charge is 0.497 e. The smallest absolute Gasteiger partial charge is 0.161 e. The van der Waals surface area contributed by atoms with Crippen LogP contribution in [-0.4, -0.2) is 31.2 Å². The lowest BCUT2D eigenvalue weighted by Gasteiger charge is -2.19. The summed E-state index contributed by atoms with van der Waals surface area (Å²) in [5.41, 5.74) is 0.897. The Labute approximate surface area is 131 Å². The van der Waals surface area contributed by atoms with Gasteiger partial charge in [-0.15, -0.1) is 0 Å². The number of hydrogen-bond acceptors (Lipinski definition) is 5. The summed E-state index contributed by atoms with van der Waals surface area (Å²) in [7, 11) is 3.33. The molecular formula is C16H24N2O2S. The molecule has 1 heterocycles. The van der Waals surface area contributed by atoms with Gasteiger partial charge in [-0.05, 0) is 18.1 Å². The van der Waals surface area contributed by atoms with Crippen LogP contribution in [0.4, 0.5) is 5.69 Å². The number of aliphatic imine (C=N–C) groups is 1. The molecule has 0 spiro atoms. The molecule has 1 unspecified atom stereocenters. The number of thioether (sulfide) groups is 1. The lowest BCUT2D eigenvalue weighted by Crippen LogP contribution is -2.17. The highest BCUT2D eigenvalue weighted by molar-refractivity contribution is 8.15. The fourth-order valence-corrected chi connectivity index (χ4v) is 3.88. The average molecular weight is 308 g/mol. The average Bonchev–Trinajstić information content (AvgIpc) is 2.97. The van der Waals surface area contributed by atoms with Gasteiger partial charge in [-0.2, -0.15) is 0 Å². The van der Waals surface area contributed by atoms with Gasteiger partial charge in [0.1, 0.15) is 11.5 Å². The van der Waals surface area contributed by atoms with E-state index in [0.717, 1.165) is 34.8 Å². The molecule has 0 aliphatic carbocycles. The highest BCUT2D eigenvalue weighted by Crippen LogP contribution is 2.34. The van der Waals surface area contributed by atoms with E-state index >= 15 is 0 Å². The Morgan fingerprint density at radius 3 is 2.67 bits per heavy atom. The second-order valence-electron chi connectivity index (χ2n) is 5.07. The number of nitrogens with zero attached hydrogens (tertiary/aromatic N) is 1. The van der Waals surface area contributed by atoms with E-state index in [0.29, 0.717) is 5.25 Å². The molecule has 1 atom stereocenters. The second-order valence-corrected chi connectivity index (χ2v) is 6.30. The third-order valence-electron chi connectivity index (χ3n) is 3.90. The monoisotopic (exact) mass is 308 g/mol. The van der Waals surface area contributed by atoms with Gasteiger partial charge in [0, 0.05) is 11.3 Å². The van der Waals surface area contributed by atoms with Crippen LogP contribution in [-0.2, 0) is 0 Å². The van der Waals surface area contributed by atoms with Gasteiger partial charge in [-0.25, -0.2) is 0 Å². The van der Waals surface area contributed by atoms with Crippen molar-refractivity contribution in [3.05, 3.63) is 18.2 Å². The normalized spacial score (nSPS) is 17.8. The molecule has 4 nitrogen and oxygen atoms in total. The van der Waals surface area contributed by atoms with Crippen LogP contribution >= 0.6 is 11.8 Å². The molecule has 21 heavy (non-hydrogen) atoms. The van der Waals surface area contributed by atoms with Gasteiger partial charge >= 0.3 is 0 Å². The highest BCUT2D eigenvalue weighted by atomic mass is 32.2. The van der Waals surface area contributed by atoms with E-state index in [1.54, 1.807) is 14.2 Å². The quantitative estimate of drug-likeness (QED) is 0.862. The van der Waals surface area contributed by atoms with Crippen LogP contribution in [0.15, 0.2) is 23.2 Å². The van der Waals surface area contributed by atoms with Crippen molar-refractivity contribution >= 4 is 22.6 Å². The molecular weight excluding hydrogens is 284 g/mol. The zero-order chi connectivity index (χ0) is 15.2. The number of anilines is 1. The Balaban J connectivity index is 2.06. The summed E-state index contributed by atoms with van der Waals surface area (Å²) in [5.74, 6) is 2.33. The lowest BCUT2D eigenvalue weighted by atomic mass is 9.99. The fourth-order valence-electron chi connectivity index (χ4n) is 2.55. The van der Waals surface area contributed by atoms with Gasteiger partial charge in [-0.1, -0.05) is 38.5 Å². The predicted octanol–water partition coefficient (Wildman–Crippen LogP) is 4.02. The van der Waals surface area contributed by atoms with Crippen LogP contribution in [0.1, 0.15) is 26.7 Å². The van der Waals surface area contributed by atoms with Crippen LogP contribution in [0.3, 0.4) is 0 Å². The van der Waals surface area contributed by atoms with Crippen molar-refractivity contribution in [1.29, 1.82) is 0 Å². The van der Waals surface area contributed by atoms with Crippen LogP contribution in [0, 0.1) is 5.92 Å². The number of benzene rings is 1. The Morgan fingerprint density at radius 2 is 2.05 bits per heavy atom. The van der Waals surface area contributed by atoms with Crippen molar-refractivity contribution in [3.63, 3.8) is 0 Å². The van der Waals surface area contributed by atoms with E-state index in [9.17, 15) is 0 Å². The number of nitrogens with one attached hydrogen (secondary N) is 1. The van der Waals surface area contributed by atoms with E-state index in [1.807, 2.05) is 30.0 Å². The van der Waals surface area contributed by atoms with E-state index in [-0.39, 0.29) is 0 Å². The number of methoxy groups -OCH3 is 2. The number of hydrogen-bond donors (Lipinski definition) is 1. The topological polar surface area (TPSA) is 42.9 Å². The van der Waals surface area contributed by atoms with Gasteiger partial charge in [0.2, 0.25) is 0 Å². The van der Waals surface area contributed by atoms with Crippen molar-refractivity contribution in [2.45, 2.75) is 31.9 Å². The molecule has 1 aromatic carbocycles. The molecule has 1 aliphatic heterocycles. The minimum atomic E-state index is 0.583. The number of amidine groups is 1. The van der Waals surface area contributed by atoms with Crippen molar-refractivity contribution in [2.75, 3.05) is 26.1 Å². The second kappa shape index (κ2) is 7.59. The van der Waals surface area contributed by atoms with Crippen LogP contribution in [0.2, 0.25) is 0 Å². The number of ether oxygens (including phenoxy) is 2. The summed E-state index contributed by atoms with van der Waals surface area (Å²) in [6, 6.07) is 5.73. The fraction of sp³-hybridized carbons (Fsp3) is 0.562. The summed E-state index contributed by atoms with van der Waals surface area (Å²) in [4.78, 5) is 4.63. The molecule has 0 amide bonds. The van der Waals surface area contributed by atoms with E-state index in [2.05, 4.69) is 24.2 Å². The molecule has 2 rings (SSSR count). The number of rotatable bonds is 6. The maximum Gasteiger partial charge on any atom is 0.161 e. The SMILES string of the molecule is CCC(CC)C1CN=C(Nc2cc(OC)ccc2OC)S1. The van der Waals surface area contributed by atoms with Crippen molar-refractivity contribution in [3.8, 4) is 11.5 Å².